The molecule has 0 atom stereocenters. The smallest absolute Gasteiger partial charge is 0.346 e. The molecule has 0 N–H and O–H groups in total. The van der Waals surface area contributed by atoms with Gasteiger partial charge in [0.05, 0.1) is 18.1 Å². The van der Waals surface area contributed by atoms with Crippen molar-refractivity contribution < 1.29 is 21.8 Å². The summed E-state index contributed by atoms with van der Waals surface area (Å²) < 4.78 is 48.1. The van der Waals surface area contributed by atoms with Crippen LogP contribution in [0.4, 0.5) is 0 Å². The van der Waals surface area contributed by atoms with Gasteiger partial charge in [-0.3, -0.25) is 0 Å². The van der Waals surface area contributed by atoms with Crippen molar-refractivity contribution in [3.05, 3.63) is 173 Å². The van der Waals surface area contributed by atoms with Crippen molar-refractivity contribution in [2.24, 2.45) is 7.05 Å². The van der Waals surface area contributed by atoms with Gasteiger partial charge in [0.2, 0.25) is 0 Å². The number of para-hydroxylation sites is 1. The molecule has 246 valence electrons. The highest BCUT2D eigenvalue weighted by Gasteiger charge is 2.33. The largest absolute Gasteiger partial charge is 0.497 e. The Labute approximate surface area is 288 Å². The van der Waals surface area contributed by atoms with E-state index < -0.39 is 21.7 Å². The summed E-state index contributed by atoms with van der Waals surface area (Å²) in [5.74, 6) is -0.261. The third kappa shape index (κ3) is 5.21. The molecule has 0 radical (unpaired) electrons. The SMILES string of the molecule is COc1ccc2c(-c3c(C(c4ccccc4)c4ccccc4)n(C)c4ccccc34)c(OS(=O)(=O)c3cccc4ccccc34)oc(=O)c2c1. The number of hydrogen-bond donors (Lipinski definition) is 0. The number of hydrogen-bond acceptors (Lipinski definition) is 6. The lowest BCUT2D eigenvalue weighted by molar-refractivity contribution is 0.364. The molecule has 0 spiro atoms. The average Bonchev–Trinajstić information content (AvgIpc) is 3.43. The van der Waals surface area contributed by atoms with E-state index in [4.69, 9.17) is 13.3 Å². The number of ether oxygens (including phenoxy) is 1. The van der Waals surface area contributed by atoms with Crippen molar-refractivity contribution in [2.45, 2.75) is 10.8 Å². The van der Waals surface area contributed by atoms with E-state index in [1.165, 1.54) is 13.2 Å². The van der Waals surface area contributed by atoms with Crippen LogP contribution in [0, 0.1) is 0 Å². The Morgan fingerprint density at radius 3 is 1.96 bits per heavy atom. The molecule has 0 amide bonds. The summed E-state index contributed by atoms with van der Waals surface area (Å²) >= 11 is 0. The van der Waals surface area contributed by atoms with Crippen LogP contribution in [0.2, 0.25) is 0 Å². The summed E-state index contributed by atoms with van der Waals surface area (Å²) in [6.07, 6.45) is 0. The number of benzene rings is 6. The molecular weight excluding hydrogens is 647 g/mol. The molecule has 8 heteroatoms. The summed E-state index contributed by atoms with van der Waals surface area (Å²) in [7, 11) is -1.00. The van der Waals surface area contributed by atoms with Crippen LogP contribution in [0.15, 0.2) is 160 Å². The maximum Gasteiger partial charge on any atom is 0.346 e. The fourth-order valence-electron chi connectivity index (χ4n) is 7.00. The lowest BCUT2D eigenvalue weighted by Crippen LogP contribution is -2.14. The monoisotopic (exact) mass is 677 g/mol. The first-order valence-corrected chi connectivity index (χ1v) is 17.5. The Bertz CT molecular complexity index is 2670. The van der Waals surface area contributed by atoms with Gasteiger partial charge in [0.15, 0.2) is 0 Å². The number of rotatable bonds is 8. The molecule has 0 aliphatic heterocycles. The molecule has 0 aliphatic rings. The summed E-state index contributed by atoms with van der Waals surface area (Å²) in [4.78, 5) is 13.7. The molecule has 0 saturated heterocycles. The van der Waals surface area contributed by atoms with Crippen molar-refractivity contribution in [1.29, 1.82) is 0 Å². The standard InChI is InChI=1S/C42H31NO6S/c1-43-35-22-12-11-21-33(35)38(40(43)37(28-15-5-3-6-16-28)29-17-7-4-8-18-29)39-32-25-24-30(47-2)26-34(32)41(44)48-42(39)49-50(45,46)36-23-13-19-27-14-9-10-20-31(27)36/h3-26,37H,1-2H3. The van der Waals surface area contributed by atoms with Gasteiger partial charge in [0, 0.05) is 45.9 Å². The number of aryl methyl sites for hydroxylation is 1. The zero-order valence-electron chi connectivity index (χ0n) is 27.2. The fraction of sp³-hybridized carbons (Fsp3) is 0.0714. The highest BCUT2D eigenvalue weighted by molar-refractivity contribution is 7.87. The van der Waals surface area contributed by atoms with E-state index in [1.54, 1.807) is 36.4 Å². The Balaban J connectivity index is 1.49. The Morgan fingerprint density at radius 2 is 1.26 bits per heavy atom. The topological polar surface area (TPSA) is 87.7 Å². The molecule has 0 bridgehead atoms. The number of fused-ring (bicyclic) bond motifs is 3. The summed E-state index contributed by atoms with van der Waals surface area (Å²) in [5.41, 5.74) is 4.10. The molecule has 8 aromatic rings. The van der Waals surface area contributed by atoms with Crippen molar-refractivity contribution in [1.82, 2.24) is 4.57 Å². The lowest BCUT2D eigenvalue weighted by Gasteiger charge is -2.23. The first kappa shape index (κ1) is 31.2. The van der Waals surface area contributed by atoms with Crippen LogP contribution in [-0.2, 0) is 17.2 Å². The second-order valence-electron chi connectivity index (χ2n) is 12.1. The van der Waals surface area contributed by atoms with Crippen LogP contribution in [0.5, 0.6) is 11.7 Å². The number of nitrogens with zero attached hydrogens (tertiary/aromatic N) is 1. The highest BCUT2D eigenvalue weighted by Crippen LogP contribution is 2.48. The third-order valence-electron chi connectivity index (χ3n) is 9.25. The molecule has 50 heavy (non-hydrogen) atoms. The highest BCUT2D eigenvalue weighted by atomic mass is 32.2. The van der Waals surface area contributed by atoms with Gasteiger partial charge in [-0.25, -0.2) is 4.79 Å². The summed E-state index contributed by atoms with van der Waals surface area (Å²) in [6, 6.07) is 45.4. The molecular formula is C42H31NO6S. The molecule has 0 aliphatic carbocycles. The van der Waals surface area contributed by atoms with Crippen LogP contribution >= 0.6 is 0 Å². The van der Waals surface area contributed by atoms with E-state index in [2.05, 4.69) is 28.8 Å². The minimum atomic E-state index is -4.52. The molecule has 0 saturated carbocycles. The molecule has 8 rings (SSSR count). The molecule has 0 fully saturated rings. The lowest BCUT2D eigenvalue weighted by atomic mass is 9.84. The zero-order valence-corrected chi connectivity index (χ0v) is 28.1. The van der Waals surface area contributed by atoms with E-state index >= 15 is 0 Å². The van der Waals surface area contributed by atoms with E-state index in [-0.39, 0.29) is 16.2 Å². The summed E-state index contributed by atoms with van der Waals surface area (Å²) in [6.45, 7) is 0. The van der Waals surface area contributed by atoms with Crippen LogP contribution in [0.3, 0.4) is 0 Å². The van der Waals surface area contributed by atoms with E-state index in [9.17, 15) is 13.2 Å². The van der Waals surface area contributed by atoms with Gasteiger partial charge in [0.1, 0.15) is 10.6 Å². The van der Waals surface area contributed by atoms with Crippen LogP contribution in [0.25, 0.3) is 43.6 Å². The van der Waals surface area contributed by atoms with Gasteiger partial charge in [-0.15, -0.1) is 0 Å². The van der Waals surface area contributed by atoms with Crippen molar-refractivity contribution in [3.63, 3.8) is 0 Å². The van der Waals surface area contributed by atoms with Gasteiger partial charge in [0.25, 0.3) is 0 Å². The van der Waals surface area contributed by atoms with Gasteiger partial charge in [-0.2, -0.15) is 8.42 Å². The Morgan fingerprint density at radius 1 is 0.640 bits per heavy atom. The van der Waals surface area contributed by atoms with Crippen LogP contribution in [0.1, 0.15) is 22.7 Å². The minimum absolute atomic E-state index is 0.0383. The first-order chi connectivity index (χ1) is 24.4. The van der Waals surface area contributed by atoms with Gasteiger partial charge >= 0.3 is 21.7 Å². The van der Waals surface area contributed by atoms with Gasteiger partial charge in [-0.05, 0) is 46.8 Å². The predicted octanol–water partition coefficient (Wildman–Crippen LogP) is 9.06. The molecule has 2 heterocycles. The quantitative estimate of drug-likeness (QED) is 0.149. The van der Waals surface area contributed by atoms with Gasteiger partial charge in [-0.1, -0.05) is 115 Å². The number of methoxy groups -OCH3 is 1. The minimum Gasteiger partial charge on any atom is -0.497 e. The van der Waals surface area contributed by atoms with Crippen molar-refractivity contribution in [2.75, 3.05) is 7.11 Å². The second-order valence-corrected chi connectivity index (χ2v) is 13.6. The fourth-order valence-corrected chi connectivity index (χ4v) is 8.11. The average molecular weight is 678 g/mol. The molecule has 7 nitrogen and oxygen atoms in total. The summed E-state index contributed by atoms with van der Waals surface area (Å²) in [5, 5.41) is 2.74. The van der Waals surface area contributed by atoms with Crippen LogP contribution in [-0.4, -0.2) is 20.1 Å². The predicted molar refractivity (Wildman–Crippen MR) is 197 cm³/mol. The third-order valence-corrected chi connectivity index (χ3v) is 10.5. The first-order valence-electron chi connectivity index (χ1n) is 16.1. The Hall–Kier alpha value is -6.12. The molecule has 2 aromatic heterocycles. The van der Waals surface area contributed by atoms with Crippen molar-refractivity contribution in [3.8, 4) is 22.8 Å². The van der Waals surface area contributed by atoms with Gasteiger partial charge < -0.3 is 17.9 Å². The Kier molecular flexibility index (Phi) is 7.73. The van der Waals surface area contributed by atoms with E-state index in [0.717, 1.165) is 33.1 Å². The molecule has 6 aromatic carbocycles. The zero-order chi connectivity index (χ0) is 34.4. The number of aromatic nitrogens is 1. The van der Waals surface area contributed by atoms with E-state index in [1.807, 2.05) is 85.9 Å². The maximum atomic E-state index is 14.3. The maximum absolute atomic E-state index is 14.3. The van der Waals surface area contributed by atoms with Crippen molar-refractivity contribution >= 4 is 42.6 Å². The molecule has 0 unspecified atom stereocenters. The van der Waals surface area contributed by atoms with Crippen LogP contribution < -0.4 is 14.5 Å². The normalized spacial score (nSPS) is 11.8. The second kappa shape index (κ2) is 12.4. The van der Waals surface area contributed by atoms with E-state index in [0.29, 0.717) is 27.6 Å².